The second kappa shape index (κ2) is 5.50. The van der Waals surface area contributed by atoms with Crippen molar-refractivity contribution in [3.8, 4) is 0 Å². The number of anilines is 1. The minimum absolute atomic E-state index is 0.0932. The van der Waals surface area contributed by atoms with Gasteiger partial charge in [-0.25, -0.2) is 8.42 Å². The molecule has 7 heteroatoms. The highest BCUT2D eigenvalue weighted by Crippen LogP contribution is 2.24. The summed E-state index contributed by atoms with van der Waals surface area (Å²) >= 11 is 3.28. The third kappa shape index (κ3) is 3.48. The van der Waals surface area contributed by atoms with Crippen molar-refractivity contribution in [3.63, 3.8) is 0 Å². The lowest BCUT2D eigenvalue weighted by Gasteiger charge is -2.23. The fourth-order valence-corrected chi connectivity index (χ4v) is 3.96. The van der Waals surface area contributed by atoms with Crippen molar-refractivity contribution in [1.29, 1.82) is 0 Å². The maximum atomic E-state index is 12.1. The highest BCUT2D eigenvalue weighted by atomic mass is 79.9. The van der Waals surface area contributed by atoms with Gasteiger partial charge in [-0.1, -0.05) is 6.07 Å². The van der Waals surface area contributed by atoms with Crippen LogP contribution < -0.4 is 11.1 Å². The largest absolute Gasteiger partial charge is 0.398 e. The Morgan fingerprint density at radius 3 is 2.58 bits per heavy atom. The van der Waals surface area contributed by atoms with Crippen molar-refractivity contribution in [2.45, 2.75) is 18.9 Å². The Bertz CT molecular complexity index is 587. The molecular weight excluding hydrogens is 332 g/mol. The van der Waals surface area contributed by atoms with E-state index in [2.05, 4.69) is 21.2 Å². The molecule has 1 amide bonds. The van der Waals surface area contributed by atoms with Crippen LogP contribution in [-0.4, -0.2) is 31.9 Å². The summed E-state index contributed by atoms with van der Waals surface area (Å²) in [6.45, 7) is 0. The molecule has 1 fully saturated rings. The first-order valence-electron chi connectivity index (χ1n) is 5.94. The van der Waals surface area contributed by atoms with Crippen molar-refractivity contribution >= 4 is 37.4 Å². The molecule has 1 heterocycles. The SMILES string of the molecule is Nc1cccc(C(=O)NC2CCS(=O)(=O)CC2)c1Br. The molecule has 3 N–H and O–H groups in total. The van der Waals surface area contributed by atoms with E-state index >= 15 is 0 Å². The molecule has 0 radical (unpaired) electrons. The zero-order chi connectivity index (χ0) is 14.0. The van der Waals surface area contributed by atoms with Gasteiger partial charge in [-0.15, -0.1) is 0 Å². The summed E-state index contributed by atoms with van der Waals surface area (Å²) in [5, 5.41) is 2.85. The van der Waals surface area contributed by atoms with Crippen molar-refractivity contribution in [2.75, 3.05) is 17.2 Å². The third-order valence-electron chi connectivity index (χ3n) is 3.16. The van der Waals surface area contributed by atoms with Crippen LogP contribution >= 0.6 is 15.9 Å². The fourth-order valence-electron chi connectivity index (χ4n) is 2.02. The zero-order valence-electron chi connectivity index (χ0n) is 10.2. The van der Waals surface area contributed by atoms with Crippen molar-refractivity contribution in [1.82, 2.24) is 5.32 Å². The van der Waals surface area contributed by atoms with E-state index in [1.54, 1.807) is 18.2 Å². The summed E-state index contributed by atoms with van der Waals surface area (Å²) in [6.07, 6.45) is 0.933. The van der Waals surface area contributed by atoms with E-state index in [-0.39, 0.29) is 23.5 Å². The third-order valence-corrected chi connectivity index (χ3v) is 5.76. The normalized spacial score (nSPS) is 19.0. The van der Waals surface area contributed by atoms with E-state index in [4.69, 9.17) is 5.73 Å². The van der Waals surface area contributed by atoms with Crippen LogP contribution in [0.5, 0.6) is 0 Å². The van der Waals surface area contributed by atoms with Gasteiger partial charge in [0.2, 0.25) is 0 Å². The number of carbonyl (C=O) groups excluding carboxylic acids is 1. The number of hydrogen-bond donors (Lipinski definition) is 2. The Labute approximate surface area is 120 Å². The van der Waals surface area contributed by atoms with Gasteiger partial charge in [0.25, 0.3) is 5.91 Å². The molecule has 1 aromatic carbocycles. The Balaban J connectivity index is 2.04. The molecule has 0 aliphatic carbocycles. The number of nitrogens with two attached hydrogens (primary N) is 1. The van der Waals surface area contributed by atoms with Crippen LogP contribution in [-0.2, 0) is 9.84 Å². The highest BCUT2D eigenvalue weighted by Gasteiger charge is 2.25. The van der Waals surface area contributed by atoms with Gasteiger partial charge in [-0.3, -0.25) is 4.79 Å². The minimum Gasteiger partial charge on any atom is -0.398 e. The molecule has 0 aromatic heterocycles. The monoisotopic (exact) mass is 346 g/mol. The number of rotatable bonds is 2. The molecule has 5 nitrogen and oxygen atoms in total. The van der Waals surface area contributed by atoms with Crippen LogP contribution in [0.4, 0.5) is 5.69 Å². The van der Waals surface area contributed by atoms with Gasteiger partial charge >= 0.3 is 0 Å². The second-order valence-corrected chi connectivity index (χ2v) is 7.70. The van der Waals surface area contributed by atoms with Crippen molar-refractivity contribution in [2.24, 2.45) is 0 Å². The number of halogens is 1. The Morgan fingerprint density at radius 2 is 1.95 bits per heavy atom. The average molecular weight is 347 g/mol. The van der Waals surface area contributed by atoms with Crippen molar-refractivity contribution in [3.05, 3.63) is 28.2 Å². The molecule has 0 spiro atoms. The van der Waals surface area contributed by atoms with Gasteiger partial charge in [0, 0.05) is 11.7 Å². The molecule has 1 aliphatic heterocycles. The number of amides is 1. The standard InChI is InChI=1S/C12H15BrN2O3S/c13-11-9(2-1-3-10(11)14)12(16)15-8-4-6-19(17,18)7-5-8/h1-3,8H,4-7,14H2,(H,15,16). The van der Waals surface area contributed by atoms with Gasteiger partial charge in [-0.2, -0.15) is 0 Å². The summed E-state index contributed by atoms with van der Waals surface area (Å²) < 4.78 is 23.2. The molecule has 0 bridgehead atoms. The van der Waals surface area contributed by atoms with Gasteiger partial charge in [0.1, 0.15) is 9.84 Å². The van der Waals surface area contributed by atoms with Crippen LogP contribution in [0.2, 0.25) is 0 Å². The predicted molar refractivity (Wildman–Crippen MR) is 77.7 cm³/mol. The Morgan fingerprint density at radius 1 is 1.32 bits per heavy atom. The van der Waals surface area contributed by atoms with Crippen LogP contribution in [0, 0.1) is 0 Å². The lowest BCUT2D eigenvalue weighted by molar-refractivity contribution is 0.0933. The first-order chi connectivity index (χ1) is 8.89. The molecule has 2 rings (SSSR count). The molecule has 104 valence electrons. The summed E-state index contributed by atoms with van der Waals surface area (Å²) in [4.78, 5) is 12.1. The maximum absolute atomic E-state index is 12.1. The molecule has 0 unspecified atom stereocenters. The number of nitrogens with one attached hydrogen (secondary N) is 1. The predicted octanol–water partition coefficient (Wildman–Crippen LogP) is 1.34. The lowest BCUT2D eigenvalue weighted by Crippen LogP contribution is -2.41. The van der Waals surface area contributed by atoms with Gasteiger partial charge in [-0.05, 0) is 40.9 Å². The smallest absolute Gasteiger partial charge is 0.252 e. The van der Waals surface area contributed by atoms with Crippen LogP contribution in [0.15, 0.2) is 22.7 Å². The van der Waals surface area contributed by atoms with Gasteiger partial charge < -0.3 is 11.1 Å². The van der Waals surface area contributed by atoms with Crippen molar-refractivity contribution < 1.29 is 13.2 Å². The van der Waals surface area contributed by atoms with E-state index in [0.29, 0.717) is 28.6 Å². The van der Waals surface area contributed by atoms with E-state index in [1.807, 2.05) is 0 Å². The van der Waals surface area contributed by atoms with Crippen LogP contribution in [0.1, 0.15) is 23.2 Å². The quantitative estimate of drug-likeness (QED) is 0.790. The molecule has 0 atom stereocenters. The van der Waals surface area contributed by atoms with Gasteiger partial charge in [0.05, 0.1) is 21.5 Å². The fraction of sp³-hybridized carbons (Fsp3) is 0.417. The highest BCUT2D eigenvalue weighted by molar-refractivity contribution is 9.10. The Kier molecular flexibility index (Phi) is 4.15. The zero-order valence-corrected chi connectivity index (χ0v) is 12.6. The average Bonchev–Trinajstić information content (AvgIpc) is 2.35. The molecule has 0 saturated carbocycles. The maximum Gasteiger partial charge on any atom is 0.252 e. The molecule has 1 aliphatic rings. The number of nitrogen functional groups attached to an aromatic ring is 1. The van der Waals surface area contributed by atoms with E-state index < -0.39 is 9.84 Å². The number of hydrogen-bond acceptors (Lipinski definition) is 4. The van der Waals surface area contributed by atoms with Gasteiger partial charge in [0.15, 0.2) is 0 Å². The van der Waals surface area contributed by atoms with E-state index in [0.717, 1.165) is 0 Å². The number of carbonyl (C=O) groups is 1. The summed E-state index contributed by atoms with van der Waals surface area (Å²) in [5.74, 6) is 0.0370. The first-order valence-corrected chi connectivity index (χ1v) is 8.56. The minimum atomic E-state index is -2.91. The first kappa shape index (κ1) is 14.3. The molecule has 19 heavy (non-hydrogen) atoms. The summed E-state index contributed by atoms with van der Waals surface area (Å²) in [6, 6.07) is 4.99. The van der Waals surface area contributed by atoms with E-state index in [1.165, 1.54) is 0 Å². The number of sulfone groups is 1. The van der Waals surface area contributed by atoms with Crippen LogP contribution in [0.25, 0.3) is 0 Å². The lowest BCUT2D eigenvalue weighted by atomic mass is 10.1. The Hall–Kier alpha value is -1.08. The molecule has 1 aromatic rings. The van der Waals surface area contributed by atoms with Crippen LogP contribution in [0.3, 0.4) is 0 Å². The summed E-state index contributed by atoms with van der Waals surface area (Å²) in [7, 11) is -2.91. The molecule has 1 saturated heterocycles. The second-order valence-electron chi connectivity index (χ2n) is 4.61. The van der Waals surface area contributed by atoms with E-state index in [9.17, 15) is 13.2 Å². The number of benzene rings is 1. The topological polar surface area (TPSA) is 89.3 Å². The molecular formula is C12H15BrN2O3S. The summed E-state index contributed by atoms with van der Waals surface area (Å²) in [5.41, 5.74) is 6.69.